The van der Waals surface area contributed by atoms with Crippen LogP contribution in [0.5, 0.6) is 0 Å². The molecule has 0 aliphatic heterocycles. The third-order valence-electron chi connectivity index (χ3n) is 0.478. The zero-order chi connectivity index (χ0) is 4.24. The maximum atomic E-state index is 3.72. The van der Waals surface area contributed by atoms with E-state index in [9.17, 15) is 0 Å². The third-order valence-corrected chi connectivity index (χ3v) is 0.478. The van der Waals surface area contributed by atoms with Gasteiger partial charge in [0.15, 0.2) is 0 Å². The normalized spacial score (nSPS) is 6.86. The topological polar surface area (TPSA) is 25.8 Å². The number of hydrogen-bond acceptors (Lipinski definition) is 2. The van der Waals surface area contributed by atoms with Crippen molar-refractivity contribution in [3.05, 3.63) is 24.8 Å². The van der Waals surface area contributed by atoms with E-state index in [-0.39, 0.29) is 20.1 Å². The van der Waals surface area contributed by atoms with Crippen LogP contribution in [0, 0.1) is 0 Å². The standard InChI is InChI=1S/C4H4N2.Ir/c1-2-6-4-3-5-1;/h1-4H;. The molecule has 1 aromatic rings. The largest absolute Gasteiger partial charge is 0.262 e. The van der Waals surface area contributed by atoms with Gasteiger partial charge in [-0.25, -0.2) is 0 Å². The van der Waals surface area contributed by atoms with Crippen molar-refractivity contribution in [1.82, 2.24) is 9.97 Å². The van der Waals surface area contributed by atoms with Gasteiger partial charge in [-0.3, -0.25) is 9.97 Å². The molecular formula is C4H4IrN2. The monoisotopic (exact) mass is 273 g/mol. The maximum Gasteiger partial charge on any atom is 0.0451 e. The zero-order valence-electron chi connectivity index (χ0n) is 3.54. The average Bonchev–Trinajstić information content (AvgIpc) is 1.72. The molecule has 2 nitrogen and oxygen atoms in total. The van der Waals surface area contributed by atoms with Crippen LogP contribution in [-0.4, -0.2) is 9.97 Å². The van der Waals surface area contributed by atoms with Gasteiger partial charge in [0.25, 0.3) is 0 Å². The molecule has 0 saturated heterocycles. The Balaban J connectivity index is 0.000000360. The Bertz CT molecular complexity index is 81.6. The minimum atomic E-state index is 0. The van der Waals surface area contributed by atoms with Crippen LogP contribution in [0.3, 0.4) is 0 Å². The fourth-order valence-electron chi connectivity index (χ4n) is 0.253. The van der Waals surface area contributed by atoms with Crippen molar-refractivity contribution >= 4 is 0 Å². The SMILES string of the molecule is [Ir].c1cnccn1. The molecule has 0 aliphatic carbocycles. The van der Waals surface area contributed by atoms with Gasteiger partial charge < -0.3 is 0 Å². The minimum Gasteiger partial charge on any atom is -0.262 e. The zero-order valence-corrected chi connectivity index (χ0v) is 5.93. The van der Waals surface area contributed by atoms with Crippen LogP contribution in [0.1, 0.15) is 0 Å². The molecule has 1 rings (SSSR count). The molecule has 0 unspecified atom stereocenters. The van der Waals surface area contributed by atoms with E-state index < -0.39 is 0 Å². The number of aromatic nitrogens is 2. The van der Waals surface area contributed by atoms with Crippen molar-refractivity contribution in [2.45, 2.75) is 0 Å². The summed E-state index contributed by atoms with van der Waals surface area (Å²) in [7, 11) is 0. The van der Waals surface area contributed by atoms with E-state index in [4.69, 9.17) is 0 Å². The van der Waals surface area contributed by atoms with Gasteiger partial charge in [-0.05, 0) is 0 Å². The second-order valence-electron chi connectivity index (χ2n) is 0.894. The second kappa shape index (κ2) is 3.90. The van der Waals surface area contributed by atoms with Crippen LogP contribution in [-0.2, 0) is 20.1 Å². The molecule has 0 spiro atoms. The summed E-state index contributed by atoms with van der Waals surface area (Å²) in [6.07, 6.45) is 6.56. The first-order valence-electron chi connectivity index (χ1n) is 1.70. The molecule has 39 valence electrons. The van der Waals surface area contributed by atoms with Gasteiger partial charge in [0, 0.05) is 44.9 Å². The van der Waals surface area contributed by atoms with E-state index in [2.05, 4.69) is 9.97 Å². The fraction of sp³-hybridized carbons (Fsp3) is 0. The Morgan fingerprint density at radius 1 is 0.714 bits per heavy atom. The van der Waals surface area contributed by atoms with Crippen LogP contribution >= 0.6 is 0 Å². The second-order valence-corrected chi connectivity index (χ2v) is 0.894. The summed E-state index contributed by atoms with van der Waals surface area (Å²) in [4.78, 5) is 7.44. The van der Waals surface area contributed by atoms with E-state index in [1.165, 1.54) is 0 Å². The van der Waals surface area contributed by atoms with Gasteiger partial charge in [-0.1, -0.05) is 0 Å². The van der Waals surface area contributed by atoms with Crippen LogP contribution in [0.15, 0.2) is 24.8 Å². The minimum absolute atomic E-state index is 0. The first kappa shape index (κ1) is 6.73. The van der Waals surface area contributed by atoms with Gasteiger partial charge in [-0.15, -0.1) is 0 Å². The summed E-state index contributed by atoms with van der Waals surface area (Å²) in [5, 5.41) is 0. The Morgan fingerprint density at radius 3 is 1.14 bits per heavy atom. The van der Waals surface area contributed by atoms with Crippen molar-refractivity contribution in [3.63, 3.8) is 0 Å². The summed E-state index contributed by atoms with van der Waals surface area (Å²) < 4.78 is 0. The smallest absolute Gasteiger partial charge is 0.0451 e. The molecule has 0 aromatic carbocycles. The van der Waals surface area contributed by atoms with E-state index in [1.54, 1.807) is 24.8 Å². The van der Waals surface area contributed by atoms with Gasteiger partial charge in [0.2, 0.25) is 0 Å². The molecule has 0 bridgehead atoms. The summed E-state index contributed by atoms with van der Waals surface area (Å²) in [6.45, 7) is 0. The van der Waals surface area contributed by atoms with Crippen molar-refractivity contribution in [3.8, 4) is 0 Å². The number of rotatable bonds is 0. The quantitative estimate of drug-likeness (QED) is 0.686. The van der Waals surface area contributed by atoms with E-state index in [1.807, 2.05) is 0 Å². The summed E-state index contributed by atoms with van der Waals surface area (Å²) in [6, 6.07) is 0. The first-order chi connectivity index (χ1) is 3.00. The molecule has 0 fully saturated rings. The van der Waals surface area contributed by atoms with Crippen LogP contribution in [0.25, 0.3) is 0 Å². The van der Waals surface area contributed by atoms with E-state index in [0.717, 1.165) is 0 Å². The summed E-state index contributed by atoms with van der Waals surface area (Å²) in [5.41, 5.74) is 0. The van der Waals surface area contributed by atoms with Crippen molar-refractivity contribution < 1.29 is 20.1 Å². The Hall–Kier alpha value is -0.271. The predicted octanol–water partition coefficient (Wildman–Crippen LogP) is 0.474. The maximum absolute atomic E-state index is 3.72. The summed E-state index contributed by atoms with van der Waals surface area (Å²) >= 11 is 0. The van der Waals surface area contributed by atoms with Gasteiger partial charge >= 0.3 is 0 Å². The molecule has 0 amide bonds. The summed E-state index contributed by atoms with van der Waals surface area (Å²) in [5.74, 6) is 0. The number of nitrogens with zero attached hydrogens (tertiary/aromatic N) is 2. The molecule has 0 N–H and O–H groups in total. The number of hydrogen-bond donors (Lipinski definition) is 0. The van der Waals surface area contributed by atoms with Gasteiger partial charge in [0.1, 0.15) is 0 Å². The molecule has 7 heavy (non-hydrogen) atoms. The Kier molecular flexibility index (Phi) is 3.75. The van der Waals surface area contributed by atoms with Gasteiger partial charge in [-0.2, -0.15) is 0 Å². The van der Waals surface area contributed by atoms with E-state index >= 15 is 0 Å². The van der Waals surface area contributed by atoms with Gasteiger partial charge in [0.05, 0.1) is 0 Å². The molecule has 1 aromatic heterocycles. The molecule has 0 aliphatic rings. The van der Waals surface area contributed by atoms with Crippen molar-refractivity contribution in [1.29, 1.82) is 0 Å². The predicted molar refractivity (Wildman–Crippen MR) is 22.0 cm³/mol. The molecule has 1 heterocycles. The molecule has 0 saturated carbocycles. The van der Waals surface area contributed by atoms with E-state index in [0.29, 0.717) is 0 Å². The Morgan fingerprint density at radius 2 is 1.00 bits per heavy atom. The molecular weight excluding hydrogens is 268 g/mol. The molecule has 1 radical (unpaired) electrons. The van der Waals surface area contributed by atoms with Crippen LogP contribution in [0.4, 0.5) is 0 Å². The van der Waals surface area contributed by atoms with Crippen molar-refractivity contribution in [2.75, 3.05) is 0 Å². The van der Waals surface area contributed by atoms with Crippen molar-refractivity contribution in [2.24, 2.45) is 0 Å². The van der Waals surface area contributed by atoms with Crippen LogP contribution < -0.4 is 0 Å². The average molecular weight is 272 g/mol. The first-order valence-corrected chi connectivity index (χ1v) is 1.70. The van der Waals surface area contributed by atoms with Crippen LogP contribution in [0.2, 0.25) is 0 Å². The molecule has 0 atom stereocenters. The fourth-order valence-corrected chi connectivity index (χ4v) is 0.253. The molecule has 3 heteroatoms. The third kappa shape index (κ3) is 2.43. The Labute approximate surface area is 55.3 Å².